The number of carbonyl (C=O) groups is 2. The van der Waals surface area contributed by atoms with Gasteiger partial charge in [-0.1, -0.05) is 54.4 Å². The van der Waals surface area contributed by atoms with E-state index in [0.717, 1.165) is 21.7 Å². The average Bonchev–Trinajstić information content (AvgIpc) is 2.73. The van der Waals surface area contributed by atoms with Gasteiger partial charge in [-0.05, 0) is 43.5 Å². The lowest BCUT2D eigenvalue weighted by Crippen LogP contribution is -2.51. The second-order valence-corrected chi connectivity index (χ2v) is 10.1. The van der Waals surface area contributed by atoms with Crippen LogP contribution in [0.15, 0.2) is 42.5 Å². The van der Waals surface area contributed by atoms with Gasteiger partial charge in [0, 0.05) is 18.6 Å². The van der Waals surface area contributed by atoms with Crippen LogP contribution < -0.4 is 9.62 Å². The predicted molar refractivity (Wildman–Crippen MR) is 128 cm³/mol. The topological polar surface area (TPSA) is 86.8 Å². The maximum Gasteiger partial charge on any atom is 0.244 e. The van der Waals surface area contributed by atoms with E-state index in [1.54, 1.807) is 19.1 Å². The van der Waals surface area contributed by atoms with Gasteiger partial charge in [0.2, 0.25) is 21.8 Å². The Morgan fingerprint density at radius 3 is 2.25 bits per heavy atom. The molecule has 0 bridgehead atoms. The van der Waals surface area contributed by atoms with E-state index < -0.39 is 28.5 Å². The lowest BCUT2D eigenvalue weighted by atomic mass is 10.1. The molecule has 174 valence electrons. The molecule has 2 amide bonds. The summed E-state index contributed by atoms with van der Waals surface area (Å²) in [5.74, 6) is -0.788. The zero-order valence-electron chi connectivity index (χ0n) is 19.1. The summed E-state index contributed by atoms with van der Waals surface area (Å²) in [5, 5.41) is 2.96. The fraction of sp³-hybridized carbons (Fsp3) is 0.391. The molecule has 2 aromatic rings. The van der Waals surface area contributed by atoms with E-state index in [1.807, 2.05) is 38.1 Å². The van der Waals surface area contributed by atoms with Crippen molar-refractivity contribution in [3.63, 3.8) is 0 Å². The number of likely N-dealkylation sites (N-methyl/N-ethyl adjacent to an activating group) is 1. The minimum atomic E-state index is -3.80. The van der Waals surface area contributed by atoms with Crippen molar-refractivity contribution >= 4 is 39.1 Å². The van der Waals surface area contributed by atoms with Crippen molar-refractivity contribution in [1.82, 2.24) is 10.2 Å². The second-order valence-electron chi connectivity index (χ2n) is 7.75. The quantitative estimate of drug-likeness (QED) is 0.598. The van der Waals surface area contributed by atoms with Crippen LogP contribution in [0, 0.1) is 13.8 Å². The van der Waals surface area contributed by atoms with Crippen molar-refractivity contribution in [3.05, 3.63) is 64.2 Å². The first-order valence-corrected chi connectivity index (χ1v) is 12.5. The zero-order valence-corrected chi connectivity index (χ0v) is 20.6. The summed E-state index contributed by atoms with van der Waals surface area (Å²) >= 11 is 6.09. The molecule has 0 spiro atoms. The van der Waals surface area contributed by atoms with Gasteiger partial charge < -0.3 is 10.2 Å². The average molecular weight is 480 g/mol. The largest absolute Gasteiger partial charge is 0.357 e. The normalized spacial score (nSPS) is 12.2. The van der Waals surface area contributed by atoms with E-state index in [0.29, 0.717) is 22.7 Å². The molecule has 0 aliphatic heterocycles. The van der Waals surface area contributed by atoms with Crippen LogP contribution in [0.3, 0.4) is 0 Å². The monoisotopic (exact) mass is 479 g/mol. The molecule has 0 heterocycles. The van der Waals surface area contributed by atoms with Gasteiger partial charge in [-0.3, -0.25) is 13.9 Å². The molecular weight excluding hydrogens is 450 g/mol. The summed E-state index contributed by atoms with van der Waals surface area (Å²) in [7, 11) is -2.28. The Kier molecular flexibility index (Phi) is 8.69. The first-order chi connectivity index (χ1) is 15.0. The Morgan fingerprint density at radius 1 is 1.09 bits per heavy atom. The minimum Gasteiger partial charge on any atom is -0.357 e. The molecule has 0 saturated heterocycles. The lowest BCUT2D eigenvalue weighted by Gasteiger charge is -2.33. The molecule has 32 heavy (non-hydrogen) atoms. The number of anilines is 1. The van der Waals surface area contributed by atoms with E-state index in [4.69, 9.17) is 11.6 Å². The number of hydrogen-bond donors (Lipinski definition) is 1. The second kappa shape index (κ2) is 10.8. The van der Waals surface area contributed by atoms with E-state index in [1.165, 1.54) is 18.0 Å². The number of carbonyl (C=O) groups excluding carboxylic acids is 2. The predicted octanol–water partition coefficient (Wildman–Crippen LogP) is 3.28. The van der Waals surface area contributed by atoms with Gasteiger partial charge in [0.05, 0.1) is 11.9 Å². The highest BCUT2D eigenvalue weighted by atomic mass is 35.5. The fourth-order valence-corrected chi connectivity index (χ4v) is 4.49. The number of nitrogens with zero attached hydrogens (tertiary/aromatic N) is 2. The molecule has 0 aliphatic rings. The van der Waals surface area contributed by atoms with Crippen LogP contribution >= 0.6 is 11.6 Å². The number of sulfonamides is 1. The number of nitrogens with one attached hydrogen (secondary N) is 1. The Morgan fingerprint density at radius 2 is 1.72 bits per heavy atom. The van der Waals surface area contributed by atoms with Crippen molar-refractivity contribution in [2.75, 3.05) is 24.2 Å². The van der Waals surface area contributed by atoms with E-state index in [2.05, 4.69) is 5.32 Å². The fourth-order valence-electron chi connectivity index (χ4n) is 3.42. The summed E-state index contributed by atoms with van der Waals surface area (Å²) < 4.78 is 26.3. The van der Waals surface area contributed by atoms with Crippen molar-refractivity contribution in [2.45, 2.75) is 39.8 Å². The van der Waals surface area contributed by atoms with Gasteiger partial charge >= 0.3 is 0 Å². The van der Waals surface area contributed by atoms with Crippen molar-refractivity contribution in [3.8, 4) is 0 Å². The number of aryl methyl sites for hydroxylation is 2. The Labute approximate surface area is 195 Å². The van der Waals surface area contributed by atoms with Crippen LogP contribution in [0.1, 0.15) is 30.0 Å². The highest BCUT2D eigenvalue weighted by Crippen LogP contribution is 2.27. The summed E-state index contributed by atoms with van der Waals surface area (Å²) in [6, 6.07) is 11.8. The summed E-state index contributed by atoms with van der Waals surface area (Å²) in [4.78, 5) is 27.4. The number of halogens is 1. The van der Waals surface area contributed by atoms with Gasteiger partial charge in [-0.15, -0.1) is 0 Å². The van der Waals surface area contributed by atoms with Crippen LogP contribution in [0.5, 0.6) is 0 Å². The third-order valence-electron chi connectivity index (χ3n) is 5.22. The van der Waals surface area contributed by atoms with Crippen LogP contribution in [-0.2, 0) is 26.2 Å². The molecular formula is C23H30ClN3O4S. The van der Waals surface area contributed by atoms with Crippen molar-refractivity contribution < 1.29 is 18.0 Å². The molecule has 0 fully saturated rings. The van der Waals surface area contributed by atoms with Gasteiger partial charge in [0.15, 0.2) is 0 Å². The van der Waals surface area contributed by atoms with E-state index in [9.17, 15) is 18.0 Å². The molecule has 0 aliphatic carbocycles. The number of rotatable bonds is 9. The standard InChI is InChI=1S/C23H30ClN3O4S/c1-6-20(23(29)25-4)26(14-18-10-7-16(2)8-11-18)22(28)15-27(32(5,30)31)21-13-19(24)12-9-17(21)3/h7-13,20H,6,14-15H2,1-5H3,(H,25,29). The number of amides is 2. The molecule has 0 saturated carbocycles. The van der Waals surface area contributed by atoms with Crippen LogP contribution in [0.2, 0.25) is 5.02 Å². The Balaban J connectivity index is 2.46. The van der Waals surface area contributed by atoms with Crippen LogP contribution in [0.25, 0.3) is 0 Å². The SMILES string of the molecule is CCC(C(=O)NC)N(Cc1ccc(C)cc1)C(=O)CN(c1cc(Cl)ccc1C)S(C)(=O)=O. The molecule has 0 radical (unpaired) electrons. The van der Waals surface area contributed by atoms with Gasteiger partial charge in [0.1, 0.15) is 12.6 Å². The van der Waals surface area contributed by atoms with Gasteiger partial charge in [0.25, 0.3) is 0 Å². The maximum absolute atomic E-state index is 13.5. The lowest BCUT2D eigenvalue weighted by molar-refractivity contribution is -0.140. The number of benzene rings is 2. The number of hydrogen-bond acceptors (Lipinski definition) is 4. The Hall–Kier alpha value is -2.58. The highest BCUT2D eigenvalue weighted by molar-refractivity contribution is 7.92. The van der Waals surface area contributed by atoms with Gasteiger partial charge in [-0.25, -0.2) is 8.42 Å². The summed E-state index contributed by atoms with van der Waals surface area (Å²) in [6.07, 6.45) is 1.42. The molecule has 7 nitrogen and oxygen atoms in total. The van der Waals surface area contributed by atoms with Crippen molar-refractivity contribution in [1.29, 1.82) is 0 Å². The smallest absolute Gasteiger partial charge is 0.244 e. The molecule has 2 rings (SSSR count). The van der Waals surface area contributed by atoms with Crippen molar-refractivity contribution in [2.24, 2.45) is 0 Å². The first kappa shape index (κ1) is 25.7. The first-order valence-electron chi connectivity index (χ1n) is 10.3. The van der Waals surface area contributed by atoms with Crippen LogP contribution in [-0.4, -0.2) is 51.0 Å². The minimum absolute atomic E-state index is 0.178. The zero-order chi connectivity index (χ0) is 24.1. The molecule has 1 atom stereocenters. The summed E-state index contributed by atoms with van der Waals surface area (Å²) in [6.45, 7) is 5.25. The highest BCUT2D eigenvalue weighted by Gasteiger charge is 2.31. The van der Waals surface area contributed by atoms with Crippen LogP contribution in [0.4, 0.5) is 5.69 Å². The van der Waals surface area contributed by atoms with E-state index >= 15 is 0 Å². The van der Waals surface area contributed by atoms with Gasteiger partial charge in [-0.2, -0.15) is 0 Å². The molecule has 9 heteroatoms. The third-order valence-corrected chi connectivity index (χ3v) is 6.59. The molecule has 0 aromatic heterocycles. The third kappa shape index (κ3) is 6.46. The summed E-state index contributed by atoms with van der Waals surface area (Å²) in [5.41, 5.74) is 2.91. The molecule has 1 unspecified atom stereocenters. The maximum atomic E-state index is 13.5. The molecule has 1 N–H and O–H groups in total. The van der Waals surface area contributed by atoms with E-state index in [-0.39, 0.29) is 12.5 Å². The Bertz CT molecular complexity index is 1070. The molecule has 2 aromatic carbocycles.